The zero-order valence-corrected chi connectivity index (χ0v) is 12.0. The van der Waals surface area contributed by atoms with Crippen LogP contribution in [0.5, 0.6) is 0 Å². The third-order valence-corrected chi connectivity index (χ3v) is 5.09. The smallest absolute Gasteiger partial charge is 0.306 e. The lowest BCUT2D eigenvalue weighted by Crippen LogP contribution is -2.36. The molecule has 0 amide bonds. The first kappa shape index (κ1) is 14.1. The highest BCUT2D eigenvalue weighted by Gasteiger charge is 2.50. The minimum Gasteiger partial charge on any atom is -0.461 e. The molecule has 0 aromatic heterocycles. The average molecular weight is 296 g/mol. The second-order valence-corrected chi connectivity index (χ2v) is 8.20. The second-order valence-electron chi connectivity index (χ2n) is 5.38. The summed E-state index contributed by atoms with van der Waals surface area (Å²) in [5.41, 5.74) is -0.343. The van der Waals surface area contributed by atoms with Crippen molar-refractivity contribution in [3.63, 3.8) is 0 Å². The molecule has 2 rings (SSSR count). The van der Waals surface area contributed by atoms with Crippen LogP contribution in [0.3, 0.4) is 0 Å². The fraction of sp³-hybridized carbons (Fsp3) is 0.909. The van der Waals surface area contributed by atoms with Crippen molar-refractivity contribution in [2.24, 2.45) is 5.41 Å². The summed E-state index contributed by atoms with van der Waals surface area (Å²) in [6.07, 6.45) is 2.29. The summed E-state index contributed by atoms with van der Waals surface area (Å²) in [6.45, 7) is 1.83. The van der Waals surface area contributed by atoms with Gasteiger partial charge in [-0.05, 0) is 39.4 Å². The highest BCUT2D eigenvalue weighted by atomic mass is 35.7. The van der Waals surface area contributed by atoms with Crippen molar-refractivity contribution in [1.82, 2.24) is 4.90 Å². The van der Waals surface area contributed by atoms with Gasteiger partial charge in [0.2, 0.25) is 9.05 Å². The predicted octanol–water partition coefficient (Wildman–Crippen LogP) is 0.973. The summed E-state index contributed by atoms with van der Waals surface area (Å²) in [6, 6.07) is 0. The highest BCUT2D eigenvalue weighted by Crippen LogP contribution is 2.45. The van der Waals surface area contributed by atoms with Crippen LogP contribution >= 0.6 is 10.7 Å². The Bertz CT molecular complexity index is 438. The SMILES string of the molecule is CN1CCCC2(CC1)CC(=O)OC2CS(=O)(=O)Cl. The number of likely N-dealkylation sites (tertiary alicyclic amines) is 1. The molecule has 5 nitrogen and oxygen atoms in total. The zero-order valence-electron chi connectivity index (χ0n) is 10.4. The van der Waals surface area contributed by atoms with Crippen LogP contribution in [0.25, 0.3) is 0 Å². The molecule has 2 heterocycles. The monoisotopic (exact) mass is 295 g/mol. The van der Waals surface area contributed by atoms with Crippen molar-refractivity contribution in [3.05, 3.63) is 0 Å². The van der Waals surface area contributed by atoms with Crippen molar-refractivity contribution in [2.75, 3.05) is 25.9 Å². The number of ether oxygens (including phenoxy) is 1. The number of hydrogen-bond donors (Lipinski definition) is 0. The Morgan fingerprint density at radius 2 is 2.17 bits per heavy atom. The maximum absolute atomic E-state index is 11.5. The van der Waals surface area contributed by atoms with Crippen LogP contribution in [0.2, 0.25) is 0 Å². The first-order valence-corrected chi connectivity index (χ1v) is 8.59. The van der Waals surface area contributed by atoms with Gasteiger partial charge in [-0.1, -0.05) is 0 Å². The molecule has 2 atom stereocenters. The molecule has 104 valence electrons. The molecule has 0 bridgehead atoms. The molecule has 1 spiro atoms. The lowest BCUT2D eigenvalue weighted by atomic mass is 9.75. The molecule has 0 aromatic rings. The molecule has 2 saturated heterocycles. The summed E-state index contributed by atoms with van der Waals surface area (Å²) >= 11 is 0. The summed E-state index contributed by atoms with van der Waals surface area (Å²) < 4.78 is 27.7. The molecule has 7 heteroatoms. The third-order valence-electron chi connectivity index (χ3n) is 4.01. The van der Waals surface area contributed by atoms with E-state index in [0.717, 1.165) is 32.4 Å². The van der Waals surface area contributed by atoms with E-state index in [1.807, 2.05) is 7.05 Å². The molecule has 2 unspecified atom stereocenters. The van der Waals surface area contributed by atoms with Crippen LogP contribution in [0.4, 0.5) is 0 Å². The van der Waals surface area contributed by atoms with Crippen molar-refractivity contribution < 1.29 is 17.9 Å². The molecule has 0 aliphatic carbocycles. The molecule has 2 fully saturated rings. The summed E-state index contributed by atoms with van der Waals surface area (Å²) in [7, 11) is 3.68. The number of halogens is 1. The minimum absolute atomic E-state index is 0.274. The van der Waals surface area contributed by atoms with Gasteiger partial charge in [0.25, 0.3) is 0 Å². The Morgan fingerprint density at radius 3 is 2.83 bits per heavy atom. The maximum Gasteiger partial charge on any atom is 0.306 e. The van der Waals surface area contributed by atoms with E-state index < -0.39 is 15.2 Å². The van der Waals surface area contributed by atoms with Gasteiger partial charge < -0.3 is 9.64 Å². The molecule has 0 radical (unpaired) electrons. The molecule has 18 heavy (non-hydrogen) atoms. The van der Waals surface area contributed by atoms with Gasteiger partial charge in [0, 0.05) is 16.1 Å². The quantitative estimate of drug-likeness (QED) is 0.561. The Morgan fingerprint density at radius 1 is 1.44 bits per heavy atom. The highest BCUT2D eigenvalue weighted by molar-refractivity contribution is 8.13. The van der Waals surface area contributed by atoms with Crippen LogP contribution < -0.4 is 0 Å². The molecule has 2 aliphatic heterocycles. The van der Waals surface area contributed by atoms with Crippen LogP contribution in [-0.4, -0.2) is 51.3 Å². The van der Waals surface area contributed by atoms with Gasteiger partial charge in [-0.15, -0.1) is 0 Å². The van der Waals surface area contributed by atoms with E-state index in [-0.39, 0.29) is 17.1 Å². The van der Waals surface area contributed by atoms with Crippen molar-refractivity contribution in [1.29, 1.82) is 0 Å². The molecular formula is C11H18ClNO4S. The average Bonchev–Trinajstić information content (AvgIpc) is 2.40. The summed E-state index contributed by atoms with van der Waals surface area (Å²) in [5.74, 6) is -0.575. The second kappa shape index (κ2) is 4.98. The van der Waals surface area contributed by atoms with Gasteiger partial charge in [0.1, 0.15) is 11.9 Å². The first-order chi connectivity index (χ1) is 8.31. The standard InChI is InChI=1S/C11H18ClNO4S/c1-13-5-2-3-11(4-6-13)7-10(14)17-9(11)8-18(12,15)16/h9H,2-8H2,1H3. The number of cyclic esters (lactones) is 1. The third kappa shape index (κ3) is 3.16. The maximum atomic E-state index is 11.5. The lowest BCUT2D eigenvalue weighted by molar-refractivity contribution is -0.140. The predicted molar refractivity (Wildman–Crippen MR) is 67.9 cm³/mol. The number of hydrogen-bond acceptors (Lipinski definition) is 5. The van der Waals surface area contributed by atoms with Crippen LogP contribution in [0.1, 0.15) is 25.7 Å². The van der Waals surface area contributed by atoms with E-state index in [1.165, 1.54) is 0 Å². The molecule has 0 aromatic carbocycles. The van der Waals surface area contributed by atoms with Gasteiger partial charge in [-0.2, -0.15) is 0 Å². The summed E-state index contributed by atoms with van der Waals surface area (Å²) in [5, 5.41) is 0. The van der Waals surface area contributed by atoms with Gasteiger partial charge in [-0.25, -0.2) is 8.42 Å². The van der Waals surface area contributed by atoms with Crippen molar-refractivity contribution in [2.45, 2.75) is 31.8 Å². The van der Waals surface area contributed by atoms with Gasteiger partial charge >= 0.3 is 5.97 Å². The molecular weight excluding hydrogens is 278 g/mol. The van der Waals surface area contributed by atoms with Gasteiger partial charge in [0.15, 0.2) is 0 Å². The van der Waals surface area contributed by atoms with E-state index in [0.29, 0.717) is 6.42 Å². The topological polar surface area (TPSA) is 63.7 Å². The fourth-order valence-corrected chi connectivity index (χ4v) is 4.09. The molecule has 0 saturated carbocycles. The fourth-order valence-electron chi connectivity index (χ4n) is 2.97. The number of carbonyl (C=O) groups is 1. The molecule has 0 N–H and O–H groups in total. The Kier molecular flexibility index (Phi) is 3.90. The Hall–Kier alpha value is -0.330. The first-order valence-electron chi connectivity index (χ1n) is 6.11. The van der Waals surface area contributed by atoms with Crippen LogP contribution in [0, 0.1) is 5.41 Å². The van der Waals surface area contributed by atoms with Crippen molar-refractivity contribution in [3.8, 4) is 0 Å². The van der Waals surface area contributed by atoms with Gasteiger partial charge in [-0.3, -0.25) is 4.79 Å². The number of nitrogens with zero attached hydrogens (tertiary/aromatic N) is 1. The number of carbonyl (C=O) groups excluding carboxylic acids is 1. The number of rotatable bonds is 2. The lowest BCUT2D eigenvalue weighted by Gasteiger charge is -2.30. The van der Waals surface area contributed by atoms with Crippen LogP contribution in [0.15, 0.2) is 0 Å². The van der Waals surface area contributed by atoms with E-state index in [2.05, 4.69) is 4.90 Å². The zero-order chi connectivity index (χ0) is 13.4. The Labute approximate surface area is 112 Å². The summed E-state index contributed by atoms with van der Waals surface area (Å²) in [4.78, 5) is 13.7. The van der Waals surface area contributed by atoms with E-state index in [9.17, 15) is 13.2 Å². The number of esters is 1. The molecule has 2 aliphatic rings. The van der Waals surface area contributed by atoms with E-state index in [4.69, 9.17) is 15.4 Å². The van der Waals surface area contributed by atoms with Crippen LogP contribution in [-0.2, 0) is 18.6 Å². The largest absolute Gasteiger partial charge is 0.461 e. The van der Waals surface area contributed by atoms with E-state index in [1.54, 1.807) is 0 Å². The van der Waals surface area contributed by atoms with Crippen molar-refractivity contribution >= 4 is 25.7 Å². The Balaban J connectivity index is 2.19. The van der Waals surface area contributed by atoms with E-state index >= 15 is 0 Å². The van der Waals surface area contributed by atoms with Gasteiger partial charge in [0.05, 0.1) is 6.42 Å². The minimum atomic E-state index is -3.65. The normalized spacial score (nSPS) is 34.6.